The lowest BCUT2D eigenvalue weighted by atomic mass is 10.2. The van der Waals surface area contributed by atoms with E-state index in [0.29, 0.717) is 29.0 Å². The number of amides is 1. The topological polar surface area (TPSA) is 81.9 Å². The number of carbonyl (C=O) groups excluding carboxylic acids is 1. The number of hydrogen-bond acceptors (Lipinski definition) is 7. The number of halogens is 2. The largest absolute Gasteiger partial charge is 0.481 e. The first-order valence-electron chi connectivity index (χ1n) is 12.4. The van der Waals surface area contributed by atoms with Gasteiger partial charge in [0.1, 0.15) is 16.6 Å². The highest BCUT2D eigenvalue weighted by atomic mass is 35.5. The van der Waals surface area contributed by atoms with Gasteiger partial charge in [0.25, 0.3) is 0 Å². The molecule has 0 fully saturated rings. The number of carbonyl (C=O) groups is 1. The van der Waals surface area contributed by atoms with Crippen LogP contribution in [0.1, 0.15) is 24.4 Å². The van der Waals surface area contributed by atoms with E-state index in [0.717, 1.165) is 20.8 Å². The second-order valence-electron chi connectivity index (χ2n) is 8.98. The summed E-state index contributed by atoms with van der Waals surface area (Å²) in [5.41, 5.74) is 3.87. The highest BCUT2D eigenvalue weighted by molar-refractivity contribution is 7.99. The number of rotatable bonds is 10. The lowest BCUT2D eigenvalue weighted by Crippen LogP contribution is -2.15. The molecule has 1 N–H and O–H groups in total. The number of aromatic nitrogens is 4. The molecule has 0 aliphatic rings. The summed E-state index contributed by atoms with van der Waals surface area (Å²) in [7, 11) is 0. The van der Waals surface area contributed by atoms with Gasteiger partial charge in [-0.25, -0.2) is 9.37 Å². The minimum atomic E-state index is -0.531. The number of hydrogen-bond donors (Lipinski definition) is 1. The minimum Gasteiger partial charge on any atom is -0.481 e. The van der Waals surface area contributed by atoms with Crippen LogP contribution in [0.3, 0.4) is 0 Å². The molecule has 1 unspecified atom stereocenters. The Hall–Kier alpha value is -3.73. The monoisotopic (exact) mass is 593 g/mol. The molecule has 5 rings (SSSR count). The van der Waals surface area contributed by atoms with Crippen LogP contribution < -0.4 is 10.1 Å². The van der Waals surface area contributed by atoms with E-state index in [9.17, 15) is 9.18 Å². The van der Waals surface area contributed by atoms with E-state index in [4.69, 9.17) is 21.3 Å². The van der Waals surface area contributed by atoms with Gasteiger partial charge in [0.05, 0.1) is 21.0 Å². The Labute approximate surface area is 244 Å². The van der Waals surface area contributed by atoms with E-state index in [-0.39, 0.29) is 16.7 Å². The van der Waals surface area contributed by atoms with Gasteiger partial charge in [-0.3, -0.25) is 9.36 Å². The van der Waals surface area contributed by atoms with Crippen molar-refractivity contribution in [2.45, 2.75) is 31.7 Å². The molecule has 0 aliphatic heterocycles. The molecule has 0 saturated heterocycles. The second-order valence-corrected chi connectivity index (χ2v) is 11.4. The molecule has 0 bridgehead atoms. The molecule has 1 amide bonds. The molecule has 2 heterocycles. The Morgan fingerprint density at radius 3 is 2.75 bits per heavy atom. The molecule has 2 aromatic heterocycles. The average Bonchev–Trinajstić information content (AvgIpc) is 3.53. The SMILES string of the molecule is C=CCn1c(SCC(=O)Nc2ccc(-c3nc4ccc(C)cc4s3)cc2)nnc1C(C)Oc1ccc(F)cc1Cl. The molecule has 1 atom stereocenters. The van der Waals surface area contributed by atoms with Gasteiger partial charge in [-0.1, -0.05) is 35.5 Å². The third-order valence-electron chi connectivity index (χ3n) is 5.91. The summed E-state index contributed by atoms with van der Waals surface area (Å²) in [5, 5.41) is 13.1. The standard InChI is InChI=1S/C29H25ClFN5O2S2/c1-4-13-36-27(18(3)38-24-12-8-20(31)15-22(24)30)34-35-29(36)39-16-26(37)32-21-9-6-19(7-10-21)28-33-23-11-5-17(2)14-25(23)40-28/h4-12,14-15,18H,1,13,16H2,2-3H3,(H,32,37). The van der Waals surface area contributed by atoms with E-state index >= 15 is 0 Å². The average molecular weight is 594 g/mol. The quantitative estimate of drug-likeness (QED) is 0.132. The van der Waals surface area contributed by atoms with Gasteiger partial charge in [-0.15, -0.1) is 28.1 Å². The third kappa shape index (κ3) is 6.35. The fraction of sp³-hybridized carbons (Fsp3) is 0.172. The lowest BCUT2D eigenvalue weighted by molar-refractivity contribution is -0.113. The molecule has 5 aromatic rings. The summed E-state index contributed by atoms with van der Waals surface area (Å²) in [6.45, 7) is 8.09. The maximum Gasteiger partial charge on any atom is 0.234 e. The van der Waals surface area contributed by atoms with Crippen LogP contribution in [0, 0.1) is 12.7 Å². The van der Waals surface area contributed by atoms with Crippen LogP contribution >= 0.6 is 34.7 Å². The molecule has 40 heavy (non-hydrogen) atoms. The van der Waals surface area contributed by atoms with Crippen molar-refractivity contribution < 1.29 is 13.9 Å². The van der Waals surface area contributed by atoms with Crippen molar-refractivity contribution >= 4 is 56.5 Å². The summed E-state index contributed by atoms with van der Waals surface area (Å²) in [5.74, 6) is 0.374. The highest BCUT2D eigenvalue weighted by Crippen LogP contribution is 2.32. The van der Waals surface area contributed by atoms with E-state index in [2.05, 4.69) is 41.1 Å². The zero-order valence-electron chi connectivity index (χ0n) is 21.7. The Morgan fingerprint density at radius 2 is 2.00 bits per heavy atom. The van der Waals surface area contributed by atoms with Crippen molar-refractivity contribution in [2.75, 3.05) is 11.1 Å². The number of thioether (sulfide) groups is 1. The number of ether oxygens (including phenoxy) is 1. The first-order valence-corrected chi connectivity index (χ1v) is 14.5. The number of nitrogens with one attached hydrogen (secondary N) is 1. The zero-order chi connectivity index (χ0) is 28.2. The second kappa shape index (κ2) is 12.2. The van der Waals surface area contributed by atoms with Crippen LogP contribution in [0.15, 0.2) is 78.5 Å². The van der Waals surface area contributed by atoms with E-state index in [1.54, 1.807) is 24.3 Å². The smallest absolute Gasteiger partial charge is 0.234 e. The van der Waals surface area contributed by atoms with Gasteiger partial charge >= 0.3 is 0 Å². The molecular formula is C29H25ClFN5O2S2. The van der Waals surface area contributed by atoms with Gasteiger partial charge in [0.2, 0.25) is 5.91 Å². The molecule has 7 nitrogen and oxygen atoms in total. The summed E-state index contributed by atoms with van der Waals surface area (Å²) in [4.78, 5) is 17.4. The first-order chi connectivity index (χ1) is 19.3. The number of benzene rings is 3. The van der Waals surface area contributed by atoms with Crippen LogP contribution in [-0.2, 0) is 11.3 Å². The van der Waals surface area contributed by atoms with Crippen molar-refractivity contribution in [1.82, 2.24) is 19.7 Å². The summed E-state index contributed by atoms with van der Waals surface area (Å²) < 4.78 is 22.3. The summed E-state index contributed by atoms with van der Waals surface area (Å²) in [6.07, 6.45) is 1.18. The minimum absolute atomic E-state index is 0.132. The van der Waals surface area contributed by atoms with Crippen LogP contribution in [0.4, 0.5) is 10.1 Å². The number of allylic oxidation sites excluding steroid dienone is 1. The molecule has 3 aromatic carbocycles. The molecule has 0 spiro atoms. The van der Waals surface area contributed by atoms with Crippen molar-refractivity contribution in [3.8, 4) is 16.3 Å². The van der Waals surface area contributed by atoms with Gasteiger partial charge in [-0.2, -0.15) is 0 Å². The predicted molar refractivity (Wildman–Crippen MR) is 160 cm³/mol. The zero-order valence-corrected chi connectivity index (χ0v) is 24.1. The highest BCUT2D eigenvalue weighted by Gasteiger charge is 2.21. The Morgan fingerprint density at radius 1 is 1.20 bits per heavy atom. The summed E-state index contributed by atoms with van der Waals surface area (Å²) in [6, 6.07) is 17.8. The number of anilines is 1. The maximum absolute atomic E-state index is 13.4. The molecular weight excluding hydrogens is 569 g/mol. The molecule has 11 heteroatoms. The van der Waals surface area contributed by atoms with E-state index < -0.39 is 11.9 Å². The normalized spacial score (nSPS) is 11.9. The Kier molecular flexibility index (Phi) is 8.49. The lowest BCUT2D eigenvalue weighted by Gasteiger charge is -2.16. The van der Waals surface area contributed by atoms with Crippen LogP contribution in [0.25, 0.3) is 20.8 Å². The van der Waals surface area contributed by atoms with Crippen molar-refractivity contribution in [1.29, 1.82) is 0 Å². The summed E-state index contributed by atoms with van der Waals surface area (Å²) >= 11 is 9.01. The fourth-order valence-corrected chi connectivity index (χ4v) is 6.04. The molecule has 0 saturated carbocycles. The van der Waals surface area contributed by atoms with Crippen molar-refractivity contribution in [2.24, 2.45) is 0 Å². The van der Waals surface area contributed by atoms with Crippen molar-refractivity contribution in [3.05, 3.63) is 95.5 Å². The van der Waals surface area contributed by atoms with Gasteiger partial charge < -0.3 is 10.1 Å². The predicted octanol–water partition coefficient (Wildman–Crippen LogP) is 7.71. The maximum atomic E-state index is 13.4. The van der Waals surface area contributed by atoms with Crippen LogP contribution in [-0.4, -0.2) is 31.4 Å². The fourth-order valence-electron chi connectivity index (χ4n) is 4.00. The Balaban J connectivity index is 1.21. The Bertz CT molecular complexity index is 1690. The van der Waals surface area contributed by atoms with Crippen molar-refractivity contribution in [3.63, 3.8) is 0 Å². The van der Waals surface area contributed by atoms with E-state index in [1.807, 2.05) is 34.9 Å². The first kappa shape index (κ1) is 27.8. The van der Waals surface area contributed by atoms with Gasteiger partial charge in [0, 0.05) is 17.8 Å². The number of fused-ring (bicyclic) bond motifs is 1. The number of aryl methyl sites for hydroxylation is 1. The number of nitrogens with zero attached hydrogens (tertiary/aromatic N) is 4. The third-order valence-corrected chi connectivity index (χ3v) is 8.24. The molecule has 204 valence electrons. The molecule has 0 radical (unpaired) electrons. The van der Waals surface area contributed by atoms with Gasteiger partial charge in [0.15, 0.2) is 17.1 Å². The van der Waals surface area contributed by atoms with Crippen LogP contribution in [0.2, 0.25) is 5.02 Å². The number of thiazole rings is 1. The molecule has 0 aliphatic carbocycles. The van der Waals surface area contributed by atoms with Crippen LogP contribution in [0.5, 0.6) is 5.75 Å². The van der Waals surface area contributed by atoms with Gasteiger partial charge in [-0.05, 0) is 74.0 Å². The van der Waals surface area contributed by atoms with E-state index in [1.165, 1.54) is 35.5 Å².